The summed E-state index contributed by atoms with van der Waals surface area (Å²) in [5, 5.41) is 30.8. The van der Waals surface area contributed by atoms with Crippen molar-refractivity contribution >= 4 is 36.3 Å². The van der Waals surface area contributed by atoms with E-state index in [1.807, 2.05) is 12.1 Å². The van der Waals surface area contributed by atoms with Crippen molar-refractivity contribution in [2.75, 3.05) is 11.5 Å². The van der Waals surface area contributed by atoms with E-state index in [1.54, 1.807) is 24.3 Å². The van der Waals surface area contributed by atoms with E-state index in [2.05, 4.69) is 0 Å². The highest BCUT2D eigenvalue weighted by Crippen LogP contribution is 2.52. The summed E-state index contributed by atoms with van der Waals surface area (Å²) in [5.41, 5.74) is -1.59. The van der Waals surface area contributed by atoms with E-state index in [0.717, 1.165) is 11.6 Å². The van der Waals surface area contributed by atoms with Crippen LogP contribution in [0, 0.1) is 23.6 Å². The lowest BCUT2D eigenvalue weighted by Gasteiger charge is -2.43. The van der Waals surface area contributed by atoms with Crippen LogP contribution in [0.25, 0.3) is 11.6 Å². The molecule has 0 unspecified atom stereocenters. The van der Waals surface area contributed by atoms with Crippen LogP contribution >= 0.6 is 0 Å². The lowest BCUT2D eigenvalue weighted by Crippen LogP contribution is -2.46. The number of aromatic hydroxyl groups is 1. The molecule has 0 spiro atoms. The number of imide groups is 1. The summed E-state index contributed by atoms with van der Waals surface area (Å²) in [7, 11) is -1.45. The smallest absolute Gasteiger partial charge is 0.455 e. The quantitative estimate of drug-likeness (QED) is 0.0815. The number of benzene rings is 3. The molecule has 0 radical (unpaired) electrons. The molecule has 0 bridgehead atoms. The Hall–Kier alpha value is -4.47. The van der Waals surface area contributed by atoms with Crippen LogP contribution in [-0.4, -0.2) is 46.9 Å². The fraction of sp³-hybridized carbons (Fsp3) is 0.314. The van der Waals surface area contributed by atoms with Gasteiger partial charge in [-0.25, -0.2) is 9.29 Å². The zero-order valence-corrected chi connectivity index (χ0v) is 26.0. The van der Waals surface area contributed by atoms with E-state index < -0.39 is 90.1 Å². The third kappa shape index (κ3) is 6.81. The fourth-order valence-corrected chi connectivity index (χ4v) is 7.28. The van der Waals surface area contributed by atoms with Gasteiger partial charge in [0.25, 0.3) is 0 Å². The first-order chi connectivity index (χ1) is 23.6. The summed E-state index contributed by atoms with van der Waals surface area (Å²) >= 11 is 0. The standard InChI is InChI=1S/C35H29BF7NO6/c37-27-11-18(6-8-28(27)46)10-20(19-4-2-1-3-5-19)7-9-29-30-21(17-45)12-25-31(26(30)16-36(49)50-29)33(48)44(32(25)47)24-14-22(34(38,39)40)13-23(15-24)35(41,42)43/h1-6,8,10-11,13-15,25-26,29,31,45-46,49H,7,9,12,16-17H2/b20-10-/t25-,26+,29-,31-/m1/s1. The molecule has 2 heterocycles. The van der Waals surface area contributed by atoms with Crippen molar-refractivity contribution in [2.45, 2.75) is 44.0 Å². The summed E-state index contributed by atoms with van der Waals surface area (Å²) in [4.78, 5) is 27.9. The number of alkyl halides is 6. The van der Waals surface area contributed by atoms with Gasteiger partial charge in [0.2, 0.25) is 11.8 Å². The molecule has 3 N–H and O–H groups in total. The summed E-state index contributed by atoms with van der Waals surface area (Å²) in [6.07, 6.45) is -9.62. The number of carbonyl (C=O) groups excluding carboxylic acids is 2. The Morgan fingerprint density at radius 1 is 0.920 bits per heavy atom. The number of aliphatic hydroxyl groups is 1. The molecule has 6 rings (SSSR count). The number of carbonyl (C=O) groups is 2. The second-order valence-electron chi connectivity index (χ2n) is 12.5. The molecule has 0 aromatic heterocycles. The number of amides is 2. The first-order valence-electron chi connectivity index (χ1n) is 15.6. The number of halogens is 7. The van der Waals surface area contributed by atoms with Crippen molar-refractivity contribution in [1.29, 1.82) is 0 Å². The number of hydrogen-bond acceptors (Lipinski definition) is 6. The average Bonchev–Trinajstić information content (AvgIpc) is 3.32. The maximum atomic E-state index is 14.2. The molecule has 7 nitrogen and oxygen atoms in total. The van der Waals surface area contributed by atoms with Gasteiger partial charge in [-0.3, -0.25) is 9.59 Å². The summed E-state index contributed by atoms with van der Waals surface area (Å²) in [5.74, 6) is -6.75. The van der Waals surface area contributed by atoms with Crippen molar-refractivity contribution in [3.05, 3.63) is 106 Å². The Labute approximate surface area is 281 Å². The van der Waals surface area contributed by atoms with E-state index in [-0.39, 0.29) is 31.6 Å². The normalized spacial score (nSPS) is 23.0. The van der Waals surface area contributed by atoms with E-state index >= 15 is 0 Å². The molecule has 262 valence electrons. The third-order valence-corrected chi connectivity index (χ3v) is 9.46. The Morgan fingerprint density at radius 2 is 1.58 bits per heavy atom. The minimum atomic E-state index is -5.21. The Bertz CT molecular complexity index is 1840. The molecule has 50 heavy (non-hydrogen) atoms. The second kappa shape index (κ2) is 13.3. The molecule has 2 fully saturated rings. The maximum absolute atomic E-state index is 14.2. The van der Waals surface area contributed by atoms with Gasteiger partial charge < -0.3 is 19.9 Å². The predicted molar refractivity (Wildman–Crippen MR) is 167 cm³/mol. The lowest BCUT2D eigenvalue weighted by atomic mass is 9.58. The molecule has 0 saturated carbocycles. The van der Waals surface area contributed by atoms with Gasteiger partial charge in [0.1, 0.15) is 0 Å². The van der Waals surface area contributed by atoms with Crippen LogP contribution in [0.4, 0.5) is 36.4 Å². The number of aliphatic hydroxyl groups excluding tert-OH is 1. The van der Waals surface area contributed by atoms with Crippen LogP contribution in [-0.2, 0) is 26.6 Å². The van der Waals surface area contributed by atoms with Crippen LogP contribution in [0.15, 0.2) is 77.9 Å². The second-order valence-corrected chi connectivity index (χ2v) is 12.5. The topological polar surface area (TPSA) is 107 Å². The number of anilines is 1. The minimum absolute atomic E-state index is 0.0964. The fourth-order valence-electron chi connectivity index (χ4n) is 7.28. The molecule has 3 aromatic rings. The van der Waals surface area contributed by atoms with E-state index in [0.29, 0.717) is 39.3 Å². The van der Waals surface area contributed by atoms with Crippen LogP contribution in [0.1, 0.15) is 41.5 Å². The van der Waals surface area contributed by atoms with Gasteiger partial charge in [0, 0.05) is 0 Å². The molecule has 2 saturated heterocycles. The predicted octanol–water partition coefficient (Wildman–Crippen LogP) is 6.88. The number of rotatable bonds is 7. The van der Waals surface area contributed by atoms with Gasteiger partial charge in [-0.2, -0.15) is 26.3 Å². The maximum Gasteiger partial charge on any atom is 0.455 e. The molecule has 4 atom stereocenters. The number of hydrogen-bond donors (Lipinski definition) is 3. The van der Waals surface area contributed by atoms with Crippen molar-refractivity contribution in [1.82, 2.24) is 0 Å². The van der Waals surface area contributed by atoms with Gasteiger partial charge in [-0.1, -0.05) is 42.5 Å². The van der Waals surface area contributed by atoms with Crippen molar-refractivity contribution in [3.63, 3.8) is 0 Å². The molecule has 2 amide bonds. The number of phenols is 1. The zero-order chi connectivity index (χ0) is 36.1. The lowest BCUT2D eigenvalue weighted by molar-refractivity contribution is -0.143. The first kappa shape index (κ1) is 35.4. The minimum Gasteiger partial charge on any atom is -0.505 e. The van der Waals surface area contributed by atoms with E-state index in [9.17, 15) is 55.6 Å². The largest absolute Gasteiger partial charge is 0.505 e. The molecule has 1 aliphatic carbocycles. The van der Waals surface area contributed by atoms with Crippen molar-refractivity contribution < 1.29 is 60.2 Å². The van der Waals surface area contributed by atoms with Gasteiger partial charge in [-0.05, 0) is 89.7 Å². The summed E-state index contributed by atoms with van der Waals surface area (Å²) < 4.78 is 102. The van der Waals surface area contributed by atoms with Gasteiger partial charge in [0.15, 0.2) is 11.6 Å². The zero-order valence-electron chi connectivity index (χ0n) is 26.0. The summed E-state index contributed by atoms with van der Waals surface area (Å²) in [6.45, 7) is -0.581. The molecule has 3 aromatic carbocycles. The van der Waals surface area contributed by atoms with E-state index in [1.165, 1.54) is 12.1 Å². The molecule has 2 aliphatic heterocycles. The SMILES string of the molecule is O=C1[C@@H]2[C@@H](CC(CO)=C3[C@@H](CC/C(=C/c4ccc(O)c(F)c4)c4ccccc4)OB(O)C[C@@H]32)C(=O)N1c1cc(C(F)(F)F)cc(C(F)(F)F)c1. The van der Waals surface area contributed by atoms with Crippen LogP contribution < -0.4 is 4.90 Å². The first-order valence-corrected chi connectivity index (χ1v) is 15.6. The number of nitrogens with zero attached hydrogens (tertiary/aromatic N) is 1. The number of fused-ring (bicyclic) bond motifs is 3. The number of phenolic OH excluding ortho intramolecular Hbond substituents is 1. The highest BCUT2D eigenvalue weighted by atomic mass is 19.4. The molecule has 3 aliphatic rings. The Morgan fingerprint density at radius 3 is 2.18 bits per heavy atom. The van der Waals surface area contributed by atoms with Gasteiger partial charge >= 0.3 is 19.5 Å². The van der Waals surface area contributed by atoms with E-state index in [4.69, 9.17) is 4.65 Å². The Balaban J connectivity index is 1.34. The van der Waals surface area contributed by atoms with Crippen molar-refractivity contribution in [2.24, 2.45) is 17.8 Å². The third-order valence-electron chi connectivity index (χ3n) is 9.46. The average molecular weight is 703 g/mol. The number of allylic oxidation sites excluding steroid dienone is 1. The van der Waals surface area contributed by atoms with Crippen molar-refractivity contribution in [3.8, 4) is 5.75 Å². The van der Waals surface area contributed by atoms with Gasteiger partial charge in [0.05, 0.1) is 41.4 Å². The van der Waals surface area contributed by atoms with Crippen LogP contribution in [0.5, 0.6) is 5.75 Å². The summed E-state index contributed by atoms with van der Waals surface area (Å²) in [6, 6.07) is 13.5. The van der Waals surface area contributed by atoms with Crippen LogP contribution in [0.2, 0.25) is 6.32 Å². The van der Waals surface area contributed by atoms with Gasteiger partial charge in [-0.15, -0.1) is 0 Å². The molecule has 15 heteroatoms. The van der Waals surface area contributed by atoms with Crippen LogP contribution in [0.3, 0.4) is 0 Å². The Kier molecular flexibility index (Phi) is 9.44. The highest BCUT2D eigenvalue weighted by Gasteiger charge is 2.58. The molecular formula is C35H29BF7NO6. The molecular weight excluding hydrogens is 674 g/mol. The highest BCUT2D eigenvalue weighted by molar-refractivity contribution is 6.43. The monoisotopic (exact) mass is 703 g/mol.